The summed E-state index contributed by atoms with van der Waals surface area (Å²) in [6.07, 6.45) is 0.941. The first kappa shape index (κ1) is 19.6. The number of nitrogens with zero attached hydrogens (tertiary/aromatic N) is 1. The number of ether oxygens (including phenoxy) is 2. The molecule has 0 N–H and O–H groups in total. The molecule has 0 unspecified atom stereocenters. The van der Waals surface area contributed by atoms with Crippen LogP contribution in [0.15, 0.2) is 54.6 Å². The van der Waals surface area contributed by atoms with Crippen molar-refractivity contribution >= 4 is 17.7 Å². The summed E-state index contributed by atoms with van der Waals surface area (Å²) in [7, 11) is 0. The summed E-state index contributed by atoms with van der Waals surface area (Å²) < 4.78 is 10.9. The number of rotatable bonds is 7. The third-order valence-electron chi connectivity index (χ3n) is 4.61. The molecule has 0 bridgehead atoms. The smallest absolute Gasteiger partial charge is 0.345 e. The molecule has 6 nitrogen and oxygen atoms in total. The van der Waals surface area contributed by atoms with Crippen molar-refractivity contribution in [3.05, 3.63) is 65.7 Å². The van der Waals surface area contributed by atoms with E-state index in [-0.39, 0.29) is 18.3 Å². The highest BCUT2D eigenvalue weighted by molar-refractivity contribution is 5.94. The summed E-state index contributed by atoms with van der Waals surface area (Å²) >= 11 is 0. The summed E-state index contributed by atoms with van der Waals surface area (Å²) in [6.45, 7) is 2.52. The van der Waals surface area contributed by atoms with Crippen LogP contribution in [0.1, 0.15) is 41.8 Å². The van der Waals surface area contributed by atoms with Crippen molar-refractivity contribution in [2.75, 3.05) is 19.7 Å². The monoisotopic (exact) mass is 381 g/mol. The van der Waals surface area contributed by atoms with Crippen molar-refractivity contribution in [3.63, 3.8) is 0 Å². The highest BCUT2D eigenvalue weighted by atomic mass is 16.6. The van der Waals surface area contributed by atoms with Crippen molar-refractivity contribution in [2.24, 2.45) is 0 Å². The summed E-state index contributed by atoms with van der Waals surface area (Å²) in [5.41, 5.74) is 1.20. The third-order valence-corrected chi connectivity index (χ3v) is 4.61. The van der Waals surface area contributed by atoms with Gasteiger partial charge in [-0.25, -0.2) is 4.79 Å². The van der Waals surface area contributed by atoms with Crippen LogP contribution >= 0.6 is 0 Å². The predicted octanol–water partition coefficient (Wildman–Crippen LogP) is 3.17. The number of ketones is 1. The molecule has 1 heterocycles. The van der Waals surface area contributed by atoms with Gasteiger partial charge in [0.05, 0.1) is 0 Å². The van der Waals surface area contributed by atoms with Crippen LogP contribution in [0.2, 0.25) is 0 Å². The minimum atomic E-state index is -0.976. The van der Waals surface area contributed by atoms with Crippen LogP contribution in [0.4, 0.5) is 0 Å². The maximum atomic E-state index is 12.8. The molecule has 1 amide bonds. The zero-order chi connectivity index (χ0) is 19.9. The number of carbonyl (C=O) groups is 3. The second kappa shape index (κ2) is 9.17. The van der Waals surface area contributed by atoms with E-state index in [1.807, 2.05) is 6.07 Å². The summed E-state index contributed by atoms with van der Waals surface area (Å²) in [4.78, 5) is 38.2. The zero-order valence-corrected chi connectivity index (χ0v) is 15.8. The maximum Gasteiger partial charge on any atom is 0.345 e. The van der Waals surface area contributed by atoms with Crippen molar-refractivity contribution in [2.45, 2.75) is 25.9 Å². The van der Waals surface area contributed by atoms with E-state index in [0.717, 1.165) is 12.8 Å². The second-order valence-electron chi connectivity index (χ2n) is 6.68. The SMILES string of the molecule is CC(=O)c1ccc(OCC(=O)O[C@@H](C(=O)N2CCCC2)c2ccccc2)cc1. The predicted molar refractivity (Wildman–Crippen MR) is 103 cm³/mol. The van der Waals surface area contributed by atoms with Gasteiger partial charge in [0.2, 0.25) is 6.10 Å². The molecule has 0 saturated carbocycles. The van der Waals surface area contributed by atoms with Crippen molar-refractivity contribution in [1.29, 1.82) is 0 Å². The summed E-state index contributed by atoms with van der Waals surface area (Å²) in [5.74, 6) is -0.430. The van der Waals surface area contributed by atoms with E-state index in [2.05, 4.69) is 0 Å². The van der Waals surface area contributed by atoms with Gasteiger partial charge < -0.3 is 14.4 Å². The Morgan fingerprint density at radius 1 is 0.964 bits per heavy atom. The normalized spacial score (nSPS) is 14.4. The first-order valence-electron chi connectivity index (χ1n) is 9.31. The Labute approximate surface area is 164 Å². The Balaban J connectivity index is 1.63. The number of amides is 1. The fourth-order valence-corrected chi connectivity index (χ4v) is 3.09. The molecule has 1 saturated heterocycles. The lowest BCUT2D eigenvalue weighted by Crippen LogP contribution is -2.35. The van der Waals surface area contributed by atoms with Gasteiger partial charge in [0, 0.05) is 24.2 Å². The van der Waals surface area contributed by atoms with Gasteiger partial charge in [-0.3, -0.25) is 9.59 Å². The summed E-state index contributed by atoms with van der Waals surface area (Å²) in [5, 5.41) is 0. The van der Waals surface area contributed by atoms with Crippen LogP contribution in [0.3, 0.4) is 0 Å². The first-order chi connectivity index (χ1) is 13.5. The Hall–Kier alpha value is -3.15. The molecule has 1 aliphatic heterocycles. The van der Waals surface area contributed by atoms with Gasteiger partial charge in [0.15, 0.2) is 12.4 Å². The fourth-order valence-electron chi connectivity index (χ4n) is 3.09. The Bertz CT molecular complexity index is 826. The van der Waals surface area contributed by atoms with Gasteiger partial charge in [-0.05, 0) is 44.0 Å². The molecule has 3 rings (SSSR count). The van der Waals surface area contributed by atoms with E-state index in [9.17, 15) is 14.4 Å². The molecule has 0 aromatic heterocycles. The average Bonchev–Trinajstić information content (AvgIpc) is 3.26. The second-order valence-corrected chi connectivity index (χ2v) is 6.68. The number of esters is 1. The topological polar surface area (TPSA) is 72.9 Å². The minimum Gasteiger partial charge on any atom is -0.482 e. The number of hydrogen-bond acceptors (Lipinski definition) is 5. The molecule has 146 valence electrons. The summed E-state index contributed by atoms with van der Waals surface area (Å²) in [6, 6.07) is 15.5. The van der Waals surface area contributed by atoms with Crippen molar-refractivity contribution in [1.82, 2.24) is 4.90 Å². The van der Waals surface area contributed by atoms with E-state index in [0.29, 0.717) is 30.0 Å². The van der Waals surface area contributed by atoms with Gasteiger partial charge in [0.1, 0.15) is 5.75 Å². The molecule has 0 aliphatic carbocycles. The Morgan fingerprint density at radius 2 is 1.61 bits per heavy atom. The highest BCUT2D eigenvalue weighted by Gasteiger charge is 2.31. The lowest BCUT2D eigenvalue weighted by Gasteiger charge is -2.23. The van der Waals surface area contributed by atoms with Gasteiger partial charge >= 0.3 is 5.97 Å². The van der Waals surface area contributed by atoms with Crippen LogP contribution in [-0.4, -0.2) is 42.3 Å². The van der Waals surface area contributed by atoms with E-state index >= 15 is 0 Å². The number of benzene rings is 2. The number of Topliss-reactive ketones (excluding diaryl/α,β-unsaturated/α-hetero) is 1. The van der Waals surface area contributed by atoms with Gasteiger partial charge in [-0.2, -0.15) is 0 Å². The highest BCUT2D eigenvalue weighted by Crippen LogP contribution is 2.23. The van der Waals surface area contributed by atoms with E-state index in [1.54, 1.807) is 53.4 Å². The van der Waals surface area contributed by atoms with E-state index in [4.69, 9.17) is 9.47 Å². The molecule has 1 atom stereocenters. The molecule has 2 aromatic rings. The van der Waals surface area contributed by atoms with Crippen LogP contribution in [-0.2, 0) is 14.3 Å². The first-order valence-corrected chi connectivity index (χ1v) is 9.31. The van der Waals surface area contributed by atoms with Crippen molar-refractivity contribution in [3.8, 4) is 5.75 Å². The van der Waals surface area contributed by atoms with Crippen molar-refractivity contribution < 1.29 is 23.9 Å². The van der Waals surface area contributed by atoms with Crippen LogP contribution in [0.25, 0.3) is 0 Å². The Morgan fingerprint density at radius 3 is 2.21 bits per heavy atom. The molecule has 1 aliphatic rings. The van der Waals surface area contributed by atoms with E-state index in [1.165, 1.54) is 6.92 Å². The number of hydrogen-bond donors (Lipinski definition) is 0. The quantitative estimate of drug-likeness (QED) is 0.544. The van der Waals surface area contributed by atoms with Gasteiger partial charge in [-0.15, -0.1) is 0 Å². The average molecular weight is 381 g/mol. The molecule has 0 spiro atoms. The zero-order valence-electron chi connectivity index (χ0n) is 15.8. The third kappa shape index (κ3) is 4.97. The molecular weight excluding hydrogens is 358 g/mol. The number of carbonyl (C=O) groups excluding carboxylic acids is 3. The minimum absolute atomic E-state index is 0.0444. The standard InChI is InChI=1S/C22H23NO5/c1-16(24)17-9-11-19(12-10-17)27-15-20(25)28-21(18-7-3-2-4-8-18)22(26)23-13-5-6-14-23/h2-4,7-12,21H,5-6,13-15H2,1H3/t21-/m1/s1. The maximum absolute atomic E-state index is 12.8. The molecule has 0 radical (unpaired) electrons. The fraction of sp³-hybridized carbons (Fsp3) is 0.318. The molecule has 6 heteroatoms. The molecule has 2 aromatic carbocycles. The van der Waals surface area contributed by atoms with Gasteiger partial charge in [0.25, 0.3) is 5.91 Å². The van der Waals surface area contributed by atoms with E-state index < -0.39 is 12.1 Å². The lowest BCUT2D eigenvalue weighted by atomic mass is 10.1. The van der Waals surface area contributed by atoms with Crippen LogP contribution in [0, 0.1) is 0 Å². The number of likely N-dealkylation sites (tertiary alicyclic amines) is 1. The van der Waals surface area contributed by atoms with Crippen LogP contribution < -0.4 is 4.74 Å². The van der Waals surface area contributed by atoms with Crippen LogP contribution in [0.5, 0.6) is 5.75 Å². The molecule has 28 heavy (non-hydrogen) atoms. The Kier molecular flexibility index (Phi) is 6.42. The molecule has 1 fully saturated rings. The molecular formula is C22H23NO5. The largest absolute Gasteiger partial charge is 0.482 e. The van der Waals surface area contributed by atoms with Gasteiger partial charge in [-0.1, -0.05) is 30.3 Å². The lowest BCUT2D eigenvalue weighted by molar-refractivity contribution is -0.162.